The van der Waals surface area contributed by atoms with E-state index in [0.29, 0.717) is 6.26 Å². The van der Waals surface area contributed by atoms with Crippen molar-refractivity contribution in [2.24, 2.45) is 0 Å². The summed E-state index contributed by atoms with van der Waals surface area (Å²) >= 11 is 0. The topological polar surface area (TPSA) is 119 Å². The quantitative estimate of drug-likeness (QED) is 0.657. The molecule has 0 aliphatic heterocycles. The van der Waals surface area contributed by atoms with Gasteiger partial charge in [0.25, 0.3) is 10.1 Å². The van der Waals surface area contributed by atoms with Crippen molar-refractivity contribution in [2.75, 3.05) is 6.26 Å². The van der Waals surface area contributed by atoms with Crippen molar-refractivity contribution < 1.29 is 18.4 Å². The van der Waals surface area contributed by atoms with E-state index in [1.54, 1.807) is 0 Å². The molecule has 0 radical (unpaired) electrons. The summed E-state index contributed by atoms with van der Waals surface area (Å²) in [5.74, 6) is 0. The number of H-pyrrole nitrogens is 1. The zero-order chi connectivity index (χ0) is 12.2. The summed E-state index contributed by atoms with van der Waals surface area (Å²) in [5.41, 5.74) is 0.837. The van der Waals surface area contributed by atoms with Gasteiger partial charge in [0, 0.05) is 11.6 Å². The zero-order valence-corrected chi connectivity index (χ0v) is 9.86. The Hall–Kier alpha value is -1.70. The highest BCUT2D eigenvalue weighted by atomic mass is 32.2. The molecule has 0 atom stereocenters. The molecule has 0 amide bonds. The van der Waals surface area contributed by atoms with Gasteiger partial charge in [0.05, 0.1) is 6.26 Å². The molecule has 0 saturated heterocycles. The second-order valence-electron chi connectivity index (χ2n) is 3.14. The van der Waals surface area contributed by atoms with E-state index in [1.165, 1.54) is 6.07 Å². The monoisotopic (exact) mass is 259 g/mol. The number of aromatic nitrogens is 1. The molecule has 0 spiro atoms. The highest BCUT2D eigenvalue weighted by molar-refractivity contribution is 7.85. The molecule has 0 saturated carbocycles. The summed E-state index contributed by atoms with van der Waals surface area (Å²) in [6, 6.07) is 11.0. The molecule has 2 aromatic rings. The molecular weight excluding hydrogens is 246 g/mol. The number of benzene rings is 1. The van der Waals surface area contributed by atoms with E-state index in [9.17, 15) is 13.2 Å². The first-order valence-corrected chi connectivity index (χ1v) is 6.21. The summed E-state index contributed by atoms with van der Waals surface area (Å²) in [6.07, 6.45) is 0.715. The van der Waals surface area contributed by atoms with Crippen LogP contribution in [0.2, 0.25) is 0 Å². The maximum Gasteiger partial charge on any atom is 0.261 e. The first-order chi connectivity index (χ1) is 7.36. The first-order valence-electron chi connectivity index (χ1n) is 4.37. The molecule has 1 aromatic carbocycles. The normalized spacial score (nSPS) is 10.0. The summed E-state index contributed by atoms with van der Waals surface area (Å²) < 4.78 is 25.9. The van der Waals surface area contributed by atoms with Crippen molar-refractivity contribution in [3.05, 3.63) is 46.8 Å². The highest BCUT2D eigenvalue weighted by Crippen LogP contribution is 2.06. The number of rotatable bonds is 0. The molecule has 1 aromatic heterocycles. The van der Waals surface area contributed by atoms with Crippen LogP contribution in [-0.2, 0) is 10.1 Å². The van der Waals surface area contributed by atoms with Gasteiger partial charge in [-0.2, -0.15) is 8.42 Å². The molecular formula is C10H13NO5S. The van der Waals surface area contributed by atoms with Crippen LogP contribution in [0, 0.1) is 0 Å². The maximum atomic E-state index is 10.8. The van der Waals surface area contributed by atoms with Crippen LogP contribution in [0.1, 0.15) is 0 Å². The van der Waals surface area contributed by atoms with Crippen LogP contribution in [0.4, 0.5) is 0 Å². The van der Waals surface area contributed by atoms with E-state index < -0.39 is 10.1 Å². The van der Waals surface area contributed by atoms with Crippen LogP contribution in [-0.4, -0.2) is 29.7 Å². The molecule has 2 rings (SSSR count). The van der Waals surface area contributed by atoms with Crippen molar-refractivity contribution in [1.29, 1.82) is 0 Å². The van der Waals surface area contributed by atoms with E-state index in [1.807, 2.05) is 30.3 Å². The molecule has 94 valence electrons. The molecule has 1 heterocycles. The summed E-state index contributed by atoms with van der Waals surface area (Å²) in [5, 5.41) is 1.06. The van der Waals surface area contributed by atoms with Gasteiger partial charge in [-0.25, -0.2) is 0 Å². The Kier molecular flexibility index (Phi) is 5.52. The lowest BCUT2D eigenvalue weighted by Crippen LogP contribution is -2.01. The molecule has 4 N–H and O–H groups in total. The van der Waals surface area contributed by atoms with Crippen LogP contribution in [0.15, 0.2) is 41.2 Å². The van der Waals surface area contributed by atoms with Crippen molar-refractivity contribution in [1.82, 2.24) is 4.98 Å². The number of pyridine rings is 1. The minimum atomic E-state index is -3.67. The Morgan fingerprint density at radius 3 is 2.24 bits per heavy atom. The van der Waals surface area contributed by atoms with Gasteiger partial charge in [0.15, 0.2) is 0 Å². The SMILES string of the molecule is CS(=O)(=O)O.O.O=c1ccc2ccccc2[nH]1. The van der Waals surface area contributed by atoms with Crippen LogP contribution in [0.3, 0.4) is 0 Å². The predicted molar refractivity (Wildman–Crippen MR) is 65.7 cm³/mol. The van der Waals surface area contributed by atoms with Crippen molar-refractivity contribution >= 4 is 21.0 Å². The van der Waals surface area contributed by atoms with Crippen LogP contribution < -0.4 is 5.56 Å². The fourth-order valence-corrected chi connectivity index (χ4v) is 1.10. The van der Waals surface area contributed by atoms with E-state index in [2.05, 4.69) is 4.98 Å². The first kappa shape index (κ1) is 15.3. The largest absolute Gasteiger partial charge is 0.412 e. The van der Waals surface area contributed by atoms with Gasteiger partial charge < -0.3 is 10.5 Å². The van der Waals surface area contributed by atoms with E-state index >= 15 is 0 Å². The number of nitrogens with one attached hydrogen (secondary N) is 1. The molecule has 17 heavy (non-hydrogen) atoms. The predicted octanol–water partition coefficient (Wildman–Crippen LogP) is 0.207. The van der Waals surface area contributed by atoms with E-state index in [-0.39, 0.29) is 11.0 Å². The fourth-order valence-electron chi connectivity index (χ4n) is 1.10. The Bertz CT molecular complexity index is 624. The van der Waals surface area contributed by atoms with Crippen LogP contribution in [0.25, 0.3) is 10.9 Å². The van der Waals surface area contributed by atoms with Crippen LogP contribution >= 0.6 is 0 Å². The summed E-state index contributed by atoms with van der Waals surface area (Å²) in [7, 11) is -3.67. The number of aromatic amines is 1. The number of para-hydroxylation sites is 1. The number of fused-ring (bicyclic) bond motifs is 1. The van der Waals surface area contributed by atoms with E-state index in [0.717, 1.165) is 10.9 Å². The Labute approximate surface area is 98.0 Å². The fraction of sp³-hybridized carbons (Fsp3) is 0.100. The molecule has 0 aliphatic carbocycles. The Morgan fingerprint density at radius 1 is 1.12 bits per heavy atom. The molecule has 0 fully saturated rings. The van der Waals surface area contributed by atoms with Gasteiger partial charge in [0.1, 0.15) is 0 Å². The summed E-state index contributed by atoms with van der Waals surface area (Å²) in [4.78, 5) is 13.6. The van der Waals surface area contributed by atoms with E-state index in [4.69, 9.17) is 4.55 Å². The number of hydrogen-bond donors (Lipinski definition) is 2. The minimum absolute atomic E-state index is 0. The standard InChI is InChI=1S/C9H7NO.CH4O3S.H2O/c11-9-6-5-7-3-1-2-4-8(7)10-9;1-5(2,3)4;/h1-6H,(H,10,11);1H3,(H,2,3,4);1H2. The van der Waals surface area contributed by atoms with Gasteiger partial charge in [-0.1, -0.05) is 18.2 Å². The second-order valence-corrected chi connectivity index (χ2v) is 4.61. The molecule has 6 nitrogen and oxygen atoms in total. The average Bonchev–Trinajstić information content (AvgIpc) is 2.15. The minimum Gasteiger partial charge on any atom is -0.412 e. The zero-order valence-electron chi connectivity index (χ0n) is 9.04. The van der Waals surface area contributed by atoms with Crippen molar-refractivity contribution in [3.63, 3.8) is 0 Å². The molecule has 0 aliphatic rings. The average molecular weight is 259 g/mol. The number of hydrogen-bond acceptors (Lipinski definition) is 3. The van der Waals surface area contributed by atoms with Crippen LogP contribution in [0.5, 0.6) is 0 Å². The third-order valence-corrected chi connectivity index (χ3v) is 1.63. The third-order valence-electron chi connectivity index (χ3n) is 1.63. The van der Waals surface area contributed by atoms with Gasteiger partial charge in [-0.3, -0.25) is 9.35 Å². The Balaban J connectivity index is 0.000000373. The van der Waals surface area contributed by atoms with Gasteiger partial charge in [-0.05, 0) is 17.5 Å². The highest BCUT2D eigenvalue weighted by Gasteiger charge is 1.89. The lowest BCUT2D eigenvalue weighted by Gasteiger charge is -1.93. The molecule has 7 heteroatoms. The van der Waals surface area contributed by atoms with Crippen molar-refractivity contribution in [3.8, 4) is 0 Å². The third kappa shape index (κ3) is 6.46. The van der Waals surface area contributed by atoms with Gasteiger partial charge in [-0.15, -0.1) is 0 Å². The molecule has 0 bridgehead atoms. The lowest BCUT2D eigenvalue weighted by atomic mass is 10.2. The van der Waals surface area contributed by atoms with Crippen molar-refractivity contribution in [2.45, 2.75) is 0 Å². The summed E-state index contributed by atoms with van der Waals surface area (Å²) in [6.45, 7) is 0. The van der Waals surface area contributed by atoms with Gasteiger partial charge >= 0.3 is 0 Å². The molecule has 0 unspecified atom stereocenters. The maximum absolute atomic E-state index is 10.8. The lowest BCUT2D eigenvalue weighted by molar-refractivity contribution is 0.490. The Morgan fingerprint density at radius 2 is 1.65 bits per heavy atom. The second kappa shape index (κ2) is 6.14. The smallest absolute Gasteiger partial charge is 0.261 e. The van der Waals surface area contributed by atoms with Gasteiger partial charge in [0.2, 0.25) is 5.56 Å².